The Balaban J connectivity index is 2.85. The fraction of sp³-hybridized carbons (Fsp3) is 0. The van der Waals surface area contributed by atoms with Crippen LogP contribution < -0.4 is 11.6 Å². The fourth-order valence-electron chi connectivity index (χ4n) is 0.828. The molecule has 0 bridgehead atoms. The van der Waals surface area contributed by atoms with Crippen molar-refractivity contribution >= 4 is 17.8 Å². The van der Waals surface area contributed by atoms with E-state index in [-0.39, 0.29) is 5.84 Å². The molecular weight excluding hydrogens is 188 g/mol. The number of nitrogens with zero attached hydrogens (tertiary/aromatic N) is 1. The summed E-state index contributed by atoms with van der Waals surface area (Å²) < 4.78 is 0.499. The van der Waals surface area contributed by atoms with E-state index in [9.17, 15) is 0 Å². The minimum atomic E-state index is -0.0102. The Morgan fingerprint density at radius 3 is 2.77 bits per heavy atom. The van der Waals surface area contributed by atoms with Crippen molar-refractivity contribution in [3.8, 4) is 0 Å². The molecule has 0 unspecified atom stereocenters. The molecule has 6 N–H and O–H groups in total. The molecule has 0 atom stereocenters. The minimum absolute atomic E-state index is 0.0102. The van der Waals surface area contributed by atoms with E-state index >= 15 is 0 Å². The monoisotopic (exact) mass is 198 g/mol. The van der Waals surface area contributed by atoms with Crippen LogP contribution in [0.5, 0.6) is 0 Å². The number of nitrogens with one attached hydrogen (secondary N) is 1. The summed E-state index contributed by atoms with van der Waals surface area (Å²) in [5, 5.41) is 15.9. The SMILES string of the molecule is N=C(N)c1cccc(SN(N)O)c1. The molecule has 1 rings (SSSR count). The number of hydrogen-bond donors (Lipinski definition) is 4. The van der Waals surface area contributed by atoms with E-state index in [2.05, 4.69) is 0 Å². The Morgan fingerprint density at radius 2 is 2.23 bits per heavy atom. The highest BCUT2D eigenvalue weighted by Crippen LogP contribution is 2.18. The second kappa shape index (κ2) is 4.24. The van der Waals surface area contributed by atoms with E-state index in [1.807, 2.05) is 0 Å². The van der Waals surface area contributed by atoms with Gasteiger partial charge in [-0.25, -0.2) is 5.84 Å². The molecule has 0 saturated heterocycles. The first-order chi connectivity index (χ1) is 6.09. The molecule has 0 fully saturated rings. The highest BCUT2D eigenvalue weighted by molar-refractivity contribution is 7.96. The molecule has 0 radical (unpaired) electrons. The predicted molar refractivity (Wildman–Crippen MR) is 51.1 cm³/mol. The predicted octanol–water partition coefficient (Wildman–Crippen LogP) is 0.543. The molecule has 13 heavy (non-hydrogen) atoms. The van der Waals surface area contributed by atoms with Gasteiger partial charge in [-0.05, 0) is 12.1 Å². The van der Waals surface area contributed by atoms with E-state index < -0.39 is 0 Å². The Labute approximate surface area is 79.9 Å². The molecule has 1 aromatic carbocycles. The summed E-state index contributed by atoms with van der Waals surface area (Å²) in [5.74, 6) is 5.01. The van der Waals surface area contributed by atoms with Gasteiger partial charge in [0.25, 0.3) is 0 Å². The summed E-state index contributed by atoms with van der Waals surface area (Å²) in [5.41, 5.74) is 5.88. The van der Waals surface area contributed by atoms with Gasteiger partial charge in [-0.3, -0.25) is 10.6 Å². The second-order valence-corrected chi connectivity index (χ2v) is 3.36. The largest absolute Gasteiger partial charge is 0.384 e. The zero-order chi connectivity index (χ0) is 9.84. The van der Waals surface area contributed by atoms with E-state index in [1.54, 1.807) is 24.3 Å². The Morgan fingerprint density at radius 1 is 1.54 bits per heavy atom. The van der Waals surface area contributed by atoms with Crippen molar-refractivity contribution in [2.24, 2.45) is 11.6 Å². The summed E-state index contributed by atoms with van der Waals surface area (Å²) in [7, 11) is 0. The quantitative estimate of drug-likeness (QED) is 0.187. The third-order valence-corrected chi connectivity index (χ3v) is 2.00. The molecule has 0 heterocycles. The van der Waals surface area contributed by atoms with Gasteiger partial charge in [0.1, 0.15) is 5.84 Å². The van der Waals surface area contributed by atoms with Gasteiger partial charge in [0.15, 0.2) is 0 Å². The highest BCUT2D eigenvalue weighted by Gasteiger charge is 2.01. The highest BCUT2D eigenvalue weighted by atomic mass is 32.2. The Bertz CT molecular complexity index is 315. The first-order valence-corrected chi connectivity index (χ1v) is 4.23. The average molecular weight is 198 g/mol. The molecule has 6 heteroatoms. The summed E-state index contributed by atoms with van der Waals surface area (Å²) in [6.45, 7) is 0. The lowest BCUT2D eigenvalue weighted by Gasteiger charge is -2.06. The molecule has 0 saturated carbocycles. The van der Waals surface area contributed by atoms with Crippen LogP contribution in [0, 0.1) is 5.41 Å². The molecule has 0 amide bonds. The van der Waals surface area contributed by atoms with E-state index in [4.69, 9.17) is 22.2 Å². The normalized spacial score (nSPS) is 10.4. The molecular formula is C7H10N4OS. The molecule has 70 valence electrons. The van der Waals surface area contributed by atoms with Crippen LogP contribution in [0.2, 0.25) is 0 Å². The first kappa shape index (κ1) is 10.0. The third kappa shape index (κ3) is 3.03. The maximum atomic E-state index is 8.72. The first-order valence-electron chi connectivity index (χ1n) is 3.45. The minimum Gasteiger partial charge on any atom is -0.384 e. The summed E-state index contributed by atoms with van der Waals surface area (Å²) in [4.78, 5) is 0.720. The molecule has 0 aliphatic rings. The van der Waals surface area contributed by atoms with Crippen LogP contribution in [0.3, 0.4) is 0 Å². The van der Waals surface area contributed by atoms with Gasteiger partial charge in [0, 0.05) is 22.4 Å². The van der Waals surface area contributed by atoms with E-state index in [1.165, 1.54) is 0 Å². The molecule has 0 aliphatic heterocycles. The van der Waals surface area contributed by atoms with Crippen molar-refractivity contribution in [2.75, 3.05) is 0 Å². The average Bonchev–Trinajstić information content (AvgIpc) is 2.03. The van der Waals surface area contributed by atoms with Crippen molar-refractivity contribution in [1.82, 2.24) is 4.58 Å². The van der Waals surface area contributed by atoms with Gasteiger partial charge in [-0.15, -0.1) is 0 Å². The maximum Gasteiger partial charge on any atom is 0.122 e. The van der Waals surface area contributed by atoms with Gasteiger partial charge in [0.05, 0.1) is 0 Å². The van der Waals surface area contributed by atoms with Crippen LogP contribution in [-0.2, 0) is 0 Å². The number of benzene rings is 1. The molecule has 0 spiro atoms. The number of amidine groups is 1. The van der Waals surface area contributed by atoms with Gasteiger partial charge in [-0.1, -0.05) is 16.7 Å². The number of hydrazine groups is 1. The number of nitrogen functional groups attached to an aromatic ring is 1. The summed E-state index contributed by atoms with van der Waals surface area (Å²) in [6, 6.07) is 6.88. The number of nitrogens with two attached hydrogens (primary N) is 2. The lowest BCUT2D eigenvalue weighted by Crippen LogP contribution is -2.17. The summed E-state index contributed by atoms with van der Waals surface area (Å²) in [6.07, 6.45) is 0. The van der Waals surface area contributed by atoms with E-state index in [0.29, 0.717) is 10.1 Å². The van der Waals surface area contributed by atoms with Crippen molar-refractivity contribution in [3.05, 3.63) is 29.8 Å². The van der Waals surface area contributed by atoms with Gasteiger partial charge in [0.2, 0.25) is 0 Å². The standard InChI is InChI=1S/C7H10N4OS/c8-7(9)5-2-1-3-6(4-5)13-11(10)12/h1-4,12H,10H2,(H3,8,9). The van der Waals surface area contributed by atoms with Crippen LogP contribution in [0.1, 0.15) is 5.56 Å². The van der Waals surface area contributed by atoms with Crippen LogP contribution in [0.4, 0.5) is 0 Å². The molecule has 0 aliphatic carbocycles. The van der Waals surface area contributed by atoms with E-state index in [0.717, 1.165) is 16.8 Å². The van der Waals surface area contributed by atoms with Gasteiger partial charge >= 0.3 is 0 Å². The van der Waals surface area contributed by atoms with Crippen LogP contribution in [-0.4, -0.2) is 15.6 Å². The number of hydrogen-bond acceptors (Lipinski definition) is 5. The van der Waals surface area contributed by atoms with Crippen molar-refractivity contribution in [1.29, 1.82) is 5.41 Å². The van der Waals surface area contributed by atoms with Crippen LogP contribution in [0.25, 0.3) is 0 Å². The van der Waals surface area contributed by atoms with Crippen molar-refractivity contribution < 1.29 is 5.21 Å². The zero-order valence-electron chi connectivity index (χ0n) is 6.77. The lowest BCUT2D eigenvalue weighted by molar-refractivity contribution is 0.0164. The van der Waals surface area contributed by atoms with Crippen LogP contribution in [0.15, 0.2) is 29.2 Å². The van der Waals surface area contributed by atoms with Crippen molar-refractivity contribution in [3.63, 3.8) is 0 Å². The third-order valence-electron chi connectivity index (χ3n) is 1.34. The molecule has 1 aromatic rings. The zero-order valence-corrected chi connectivity index (χ0v) is 7.58. The number of rotatable bonds is 3. The smallest absolute Gasteiger partial charge is 0.122 e. The maximum absolute atomic E-state index is 8.72. The van der Waals surface area contributed by atoms with Gasteiger partial charge < -0.3 is 5.73 Å². The molecule has 5 nitrogen and oxygen atoms in total. The Hall–Kier alpha value is -1.08. The molecule has 0 aromatic heterocycles. The topological polar surface area (TPSA) is 99.4 Å². The lowest BCUT2D eigenvalue weighted by atomic mass is 10.2. The Kier molecular flexibility index (Phi) is 3.26. The fourth-order valence-corrected chi connectivity index (χ4v) is 1.36. The second-order valence-electron chi connectivity index (χ2n) is 2.34. The van der Waals surface area contributed by atoms with Crippen LogP contribution >= 0.6 is 11.9 Å². The van der Waals surface area contributed by atoms with Gasteiger partial charge in [-0.2, -0.15) is 0 Å². The van der Waals surface area contributed by atoms with Crippen molar-refractivity contribution in [2.45, 2.75) is 4.90 Å². The summed E-state index contributed by atoms with van der Waals surface area (Å²) >= 11 is 0.944.